The van der Waals surface area contributed by atoms with E-state index in [1.807, 2.05) is 0 Å². The topological polar surface area (TPSA) is 113 Å². The molecule has 10 heteroatoms. The van der Waals surface area contributed by atoms with Crippen molar-refractivity contribution >= 4 is 45.3 Å². The molecule has 24 heavy (non-hydrogen) atoms. The number of anilines is 2. The second-order valence-electron chi connectivity index (χ2n) is 5.56. The molecule has 1 saturated heterocycles. The molecule has 0 spiro atoms. The molecule has 2 aliphatic heterocycles. The summed E-state index contributed by atoms with van der Waals surface area (Å²) in [6.07, 6.45) is -1.38. The Hall–Kier alpha value is -1.78. The number of fused-ring (bicyclic) bond motifs is 1. The first-order valence-corrected chi connectivity index (χ1v) is 9.65. The minimum atomic E-state index is -4.20. The fourth-order valence-electron chi connectivity index (χ4n) is 2.56. The monoisotopic (exact) mass is 371 g/mol. The summed E-state index contributed by atoms with van der Waals surface area (Å²) in [6.45, 7) is 3.76. The Morgan fingerprint density at radius 1 is 1.46 bits per heavy atom. The van der Waals surface area contributed by atoms with Crippen LogP contribution in [0.4, 0.5) is 16.2 Å². The van der Waals surface area contributed by atoms with Gasteiger partial charge < -0.3 is 10.1 Å². The highest BCUT2D eigenvalue weighted by Crippen LogP contribution is 2.36. The van der Waals surface area contributed by atoms with Gasteiger partial charge in [0.15, 0.2) is 0 Å². The molecule has 0 saturated carbocycles. The fraction of sp³-hybridized carbons (Fsp3) is 0.357. The van der Waals surface area contributed by atoms with Crippen molar-refractivity contribution in [2.45, 2.75) is 11.0 Å². The van der Waals surface area contributed by atoms with Crippen LogP contribution >= 0.6 is 11.8 Å². The lowest BCUT2D eigenvalue weighted by molar-refractivity contribution is -0.113. The molecule has 8 nitrogen and oxygen atoms in total. The molecule has 1 aromatic carbocycles. The van der Waals surface area contributed by atoms with Gasteiger partial charge >= 0.3 is 6.09 Å². The Labute approximate surface area is 143 Å². The second kappa shape index (κ2) is 6.26. The lowest BCUT2D eigenvalue weighted by atomic mass is 10.1. The molecule has 1 unspecified atom stereocenters. The zero-order valence-electron chi connectivity index (χ0n) is 12.5. The first-order chi connectivity index (χ1) is 11.2. The fourth-order valence-corrected chi connectivity index (χ4v) is 4.10. The number of hydrogen-bond acceptors (Lipinski definition) is 6. The van der Waals surface area contributed by atoms with Crippen molar-refractivity contribution in [1.82, 2.24) is 0 Å². The zero-order chi connectivity index (χ0) is 17.5. The maximum Gasteiger partial charge on any atom is 0.414 e. The molecule has 1 radical (unpaired) electrons. The maximum absolute atomic E-state index is 12.1. The molecule has 2 amide bonds. The number of amides is 2. The number of ether oxygens (including phenoxy) is 1. The molecule has 2 aliphatic rings. The van der Waals surface area contributed by atoms with Crippen molar-refractivity contribution in [2.75, 3.05) is 28.3 Å². The summed E-state index contributed by atoms with van der Waals surface area (Å²) in [5.74, 6) is -1.14. The first-order valence-electron chi connectivity index (χ1n) is 7.06. The van der Waals surface area contributed by atoms with Gasteiger partial charge in [0, 0.05) is 16.5 Å². The van der Waals surface area contributed by atoms with E-state index in [0.29, 0.717) is 17.1 Å². The van der Waals surface area contributed by atoms with Crippen LogP contribution in [-0.4, -0.2) is 49.1 Å². The van der Waals surface area contributed by atoms with Crippen LogP contribution in [0.25, 0.3) is 0 Å². The molecular formula is C14H15N2O6S2. The third kappa shape index (κ3) is 3.65. The Bertz CT molecular complexity index is 794. The number of thioether (sulfide) groups is 1. The van der Waals surface area contributed by atoms with Crippen LogP contribution in [0.1, 0.15) is 0 Å². The third-order valence-corrected chi connectivity index (χ3v) is 5.62. The van der Waals surface area contributed by atoms with Crippen LogP contribution < -0.4 is 10.2 Å². The predicted molar refractivity (Wildman–Crippen MR) is 88.7 cm³/mol. The van der Waals surface area contributed by atoms with Crippen molar-refractivity contribution in [1.29, 1.82) is 0 Å². The number of cyclic esters (lactones) is 1. The van der Waals surface area contributed by atoms with Gasteiger partial charge in [0.2, 0.25) is 5.91 Å². The molecule has 0 aliphatic carbocycles. The molecule has 3 rings (SSSR count). The molecule has 0 bridgehead atoms. The van der Waals surface area contributed by atoms with E-state index in [4.69, 9.17) is 9.29 Å². The largest absolute Gasteiger partial charge is 0.444 e. The average Bonchev–Trinajstić information content (AvgIpc) is 2.87. The van der Waals surface area contributed by atoms with Crippen LogP contribution in [0.5, 0.6) is 0 Å². The highest BCUT2D eigenvalue weighted by molar-refractivity contribution is 8.00. The van der Waals surface area contributed by atoms with E-state index in [9.17, 15) is 18.0 Å². The van der Waals surface area contributed by atoms with Gasteiger partial charge in [0.05, 0.1) is 23.7 Å². The molecule has 2 heterocycles. The summed E-state index contributed by atoms with van der Waals surface area (Å²) in [6, 6.07) is 5.20. The van der Waals surface area contributed by atoms with Gasteiger partial charge in [-0.25, -0.2) is 4.79 Å². The summed E-state index contributed by atoms with van der Waals surface area (Å²) in [4.78, 5) is 25.8. The lowest BCUT2D eigenvalue weighted by Crippen LogP contribution is -2.30. The Kier molecular flexibility index (Phi) is 4.45. The molecule has 1 fully saturated rings. The average molecular weight is 371 g/mol. The van der Waals surface area contributed by atoms with Crippen LogP contribution in [-0.2, 0) is 19.6 Å². The van der Waals surface area contributed by atoms with E-state index in [1.54, 1.807) is 18.2 Å². The Balaban J connectivity index is 1.77. The second-order valence-corrected chi connectivity index (χ2v) is 8.07. The lowest BCUT2D eigenvalue weighted by Gasteiger charge is -2.20. The zero-order valence-corrected chi connectivity index (χ0v) is 14.1. The Morgan fingerprint density at radius 3 is 2.92 bits per heavy atom. The third-order valence-electron chi connectivity index (χ3n) is 3.69. The summed E-state index contributed by atoms with van der Waals surface area (Å²) < 4.78 is 35.9. The van der Waals surface area contributed by atoms with Gasteiger partial charge in [-0.1, -0.05) is 0 Å². The first kappa shape index (κ1) is 17.1. The van der Waals surface area contributed by atoms with Crippen molar-refractivity contribution in [3.63, 3.8) is 0 Å². The normalized spacial score (nSPS) is 21.9. The number of carbonyl (C=O) groups excluding carboxylic acids is 2. The van der Waals surface area contributed by atoms with Crippen molar-refractivity contribution < 1.29 is 27.3 Å². The van der Waals surface area contributed by atoms with E-state index in [1.165, 1.54) is 16.7 Å². The van der Waals surface area contributed by atoms with E-state index >= 15 is 0 Å². The Morgan fingerprint density at radius 2 is 2.21 bits per heavy atom. The summed E-state index contributed by atoms with van der Waals surface area (Å²) >= 11 is 1.41. The van der Waals surface area contributed by atoms with Gasteiger partial charge in [0.25, 0.3) is 10.1 Å². The number of nitrogens with one attached hydrogen (secondary N) is 1. The van der Waals surface area contributed by atoms with Crippen molar-refractivity contribution in [3.8, 4) is 0 Å². The maximum atomic E-state index is 12.1. The summed E-state index contributed by atoms with van der Waals surface area (Å²) in [5.41, 5.74) is 1.15. The summed E-state index contributed by atoms with van der Waals surface area (Å²) in [5, 5.41) is 2.74. The van der Waals surface area contributed by atoms with E-state index in [0.717, 1.165) is 4.90 Å². The predicted octanol–water partition coefficient (Wildman–Crippen LogP) is 1.39. The number of nitrogens with zero attached hydrogens (tertiary/aromatic N) is 1. The minimum absolute atomic E-state index is 0.113. The van der Waals surface area contributed by atoms with Gasteiger partial charge in [-0.05, 0) is 25.1 Å². The van der Waals surface area contributed by atoms with E-state index in [2.05, 4.69) is 12.2 Å². The van der Waals surface area contributed by atoms with Crippen molar-refractivity contribution in [2.24, 2.45) is 5.92 Å². The number of rotatable bonds is 4. The van der Waals surface area contributed by atoms with Gasteiger partial charge in [-0.3, -0.25) is 14.2 Å². The standard InChI is InChI=1S/C14H15N2O6S2/c1-8(7-24(19,20)21)11-5-16(14(18)22-11)9-2-3-12-10(4-9)15-13(17)6-23-12/h2-4,8,11H,1,5-7H2,(H,15,17)(H,19,20,21)/t8?,11-/m1/s1. The number of hydrogen-bond donors (Lipinski definition) is 2. The smallest absolute Gasteiger partial charge is 0.414 e. The van der Waals surface area contributed by atoms with Crippen molar-refractivity contribution in [3.05, 3.63) is 25.1 Å². The molecule has 0 aromatic heterocycles. The highest BCUT2D eigenvalue weighted by atomic mass is 32.2. The van der Waals surface area contributed by atoms with E-state index in [-0.39, 0.29) is 12.5 Å². The molecule has 129 valence electrons. The van der Waals surface area contributed by atoms with Gasteiger partial charge in [-0.15, -0.1) is 11.8 Å². The molecule has 2 N–H and O–H groups in total. The van der Waals surface area contributed by atoms with Crippen LogP contribution in [0.2, 0.25) is 0 Å². The van der Waals surface area contributed by atoms with E-state index < -0.39 is 34.0 Å². The minimum Gasteiger partial charge on any atom is -0.444 e. The quantitative estimate of drug-likeness (QED) is 0.769. The van der Waals surface area contributed by atoms with Gasteiger partial charge in [0.1, 0.15) is 6.10 Å². The molecule has 2 atom stereocenters. The van der Waals surface area contributed by atoms with Gasteiger partial charge in [-0.2, -0.15) is 8.42 Å². The summed E-state index contributed by atoms with van der Waals surface area (Å²) in [7, 11) is -4.20. The SMILES string of the molecule is [CH2]C(CS(=O)(=O)O)[C@H]1CN(c2ccc3c(c2)NC(=O)CS3)C(=O)O1. The number of benzene rings is 1. The van der Waals surface area contributed by atoms with Crippen LogP contribution in [0.15, 0.2) is 23.1 Å². The highest BCUT2D eigenvalue weighted by Gasteiger charge is 2.37. The van der Waals surface area contributed by atoms with Crippen LogP contribution in [0.3, 0.4) is 0 Å². The number of carbonyl (C=O) groups is 2. The molecular weight excluding hydrogens is 356 g/mol. The molecule has 1 aromatic rings. The van der Waals surface area contributed by atoms with Crippen LogP contribution in [0, 0.1) is 12.8 Å².